The van der Waals surface area contributed by atoms with Crippen molar-refractivity contribution in [3.63, 3.8) is 0 Å². The molecule has 0 saturated carbocycles. The minimum absolute atomic E-state index is 0.229. The van der Waals surface area contributed by atoms with Gasteiger partial charge in [0, 0.05) is 31.4 Å². The number of aromatic nitrogens is 1. The summed E-state index contributed by atoms with van der Waals surface area (Å²) in [5, 5.41) is 2.85. The van der Waals surface area contributed by atoms with Crippen molar-refractivity contribution in [3.05, 3.63) is 65.5 Å². The van der Waals surface area contributed by atoms with Crippen molar-refractivity contribution in [1.29, 1.82) is 0 Å². The van der Waals surface area contributed by atoms with Crippen LogP contribution >= 0.6 is 0 Å². The average Bonchev–Trinajstić information content (AvgIpc) is 2.60. The van der Waals surface area contributed by atoms with E-state index in [4.69, 9.17) is 0 Å². The third kappa shape index (κ3) is 4.24. The summed E-state index contributed by atoms with van der Waals surface area (Å²) in [6.07, 6.45) is 3.85. The second-order valence-corrected chi connectivity index (χ2v) is 8.09. The fourth-order valence-corrected chi connectivity index (χ4v) is 4.05. The van der Waals surface area contributed by atoms with Crippen LogP contribution in [0.1, 0.15) is 16.8 Å². The van der Waals surface area contributed by atoms with E-state index in [0.717, 1.165) is 23.1 Å². The molecule has 1 atom stereocenters. The fraction of sp³-hybridized carbons (Fsp3) is 0.333. The monoisotopic (exact) mass is 359 g/mol. The molecule has 0 radical (unpaired) electrons. The first-order valence-electron chi connectivity index (χ1n) is 8.16. The maximum Gasteiger partial charge on any atom is 0.238 e. The molecule has 0 aliphatic carbocycles. The molecule has 1 N–H and O–H groups in total. The minimum atomic E-state index is -3.48. The first-order valence-corrected chi connectivity index (χ1v) is 10.0. The normalized spacial score (nSPS) is 17.7. The Hall–Kier alpha value is -2.25. The van der Waals surface area contributed by atoms with E-state index in [1.165, 1.54) is 4.31 Å². The Morgan fingerprint density at radius 3 is 2.60 bits per heavy atom. The van der Waals surface area contributed by atoms with Crippen molar-refractivity contribution in [2.24, 2.45) is 0 Å². The summed E-state index contributed by atoms with van der Waals surface area (Å²) in [5.74, 6) is -0.268. The molecule has 0 fully saturated rings. The van der Waals surface area contributed by atoms with Crippen LogP contribution in [0.5, 0.6) is 0 Å². The number of sulfonamides is 1. The summed E-state index contributed by atoms with van der Waals surface area (Å²) in [4.78, 5) is 16.8. The molecular weight excluding hydrogens is 338 g/mol. The molecule has 7 heteroatoms. The Labute approximate surface area is 147 Å². The molecule has 1 aliphatic rings. The summed E-state index contributed by atoms with van der Waals surface area (Å²) in [6, 6.07) is 12.6. The van der Waals surface area contributed by atoms with Gasteiger partial charge < -0.3 is 5.32 Å². The number of fused-ring (bicyclic) bond motifs is 1. The van der Waals surface area contributed by atoms with Crippen molar-refractivity contribution in [1.82, 2.24) is 14.6 Å². The van der Waals surface area contributed by atoms with Crippen molar-refractivity contribution in [2.45, 2.75) is 25.4 Å². The SMILES string of the molecule is CS(=O)(=O)N1Cc2ccccc2C[C@H]1C(=O)NCCc1ccccn1. The zero-order valence-corrected chi connectivity index (χ0v) is 14.9. The van der Waals surface area contributed by atoms with Crippen LogP contribution in [-0.4, -0.2) is 42.5 Å². The smallest absolute Gasteiger partial charge is 0.238 e. The van der Waals surface area contributed by atoms with Crippen LogP contribution in [-0.2, 0) is 34.2 Å². The Kier molecular flexibility index (Phi) is 5.15. The highest BCUT2D eigenvalue weighted by molar-refractivity contribution is 7.88. The minimum Gasteiger partial charge on any atom is -0.354 e. The van der Waals surface area contributed by atoms with Gasteiger partial charge in [0.05, 0.1) is 6.26 Å². The lowest BCUT2D eigenvalue weighted by atomic mass is 9.95. The summed E-state index contributed by atoms with van der Waals surface area (Å²) in [7, 11) is -3.48. The Bertz CT molecular complexity index is 853. The lowest BCUT2D eigenvalue weighted by molar-refractivity contribution is -0.125. The van der Waals surface area contributed by atoms with Gasteiger partial charge in [-0.25, -0.2) is 8.42 Å². The highest BCUT2D eigenvalue weighted by Gasteiger charge is 2.36. The van der Waals surface area contributed by atoms with Crippen molar-refractivity contribution >= 4 is 15.9 Å². The molecule has 2 aromatic rings. The summed E-state index contributed by atoms with van der Waals surface area (Å²) < 4.78 is 25.6. The van der Waals surface area contributed by atoms with E-state index in [1.807, 2.05) is 42.5 Å². The number of nitrogens with zero attached hydrogens (tertiary/aromatic N) is 2. The van der Waals surface area contributed by atoms with Crippen LogP contribution in [0.4, 0.5) is 0 Å². The van der Waals surface area contributed by atoms with Gasteiger partial charge in [-0.3, -0.25) is 9.78 Å². The van der Waals surface area contributed by atoms with Crippen LogP contribution in [0.3, 0.4) is 0 Å². The Morgan fingerprint density at radius 2 is 1.92 bits per heavy atom. The van der Waals surface area contributed by atoms with Gasteiger partial charge in [-0.05, 0) is 29.7 Å². The zero-order valence-electron chi connectivity index (χ0n) is 14.1. The van der Waals surface area contributed by atoms with Crippen molar-refractivity contribution in [2.75, 3.05) is 12.8 Å². The van der Waals surface area contributed by atoms with Gasteiger partial charge in [0.2, 0.25) is 15.9 Å². The molecule has 1 amide bonds. The number of carbonyl (C=O) groups is 1. The van der Waals surface area contributed by atoms with Crippen molar-refractivity contribution < 1.29 is 13.2 Å². The predicted molar refractivity (Wildman–Crippen MR) is 95.3 cm³/mol. The van der Waals surface area contributed by atoms with Gasteiger partial charge in [-0.2, -0.15) is 4.31 Å². The van der Waals surface area contributed by atoms with Gasteiger partial charge in [-0.1, -0.05) is 30.3 Å². The second kappa shape index (κ2) is 7.33. The molecular formula is C18H21N3O3S. The number of benzene rings is 1. The van der Waals surface area contributed by atoms with Gasteiger partial charge in [0.15, 0.2) is 0 Å². The third-order valence-electron chi connectivity index (χ3n) is 4.34. The maximum atomic E-state index is 12.6. The number of hydrogen-bond donors (Lipinski definition) is 1. The molecule has 0 spiro atoms. The first-order chi connectivity index (χ1) is 11.9. The quantitative estimate of drug-likeness (QED) is 0.868. The summed E-state index contributed by atoms with van der Waals surface area (Å²) >= 11 is 0. The van der Waals surface area contributed by atoms with Crippen LogP contribution in [0.2, 0.25) is 0 Å². The standard InChI is InChI=1S/C18H21N3O3S/c1-25(23,24)21-13-15-7-3-2-6-14(15)12-17(21)18(22)20-11-9-16-8-4-5-10-19-16/h2-8,10,17H,9,11-13H2,1H3,(H,20,22)/t17-/m0/s1. The number of carbonyl (C=O) groups excluding carboxylic acids is 1. The molecule has 3 rings (SSSR count). The fourth-order valence-electron chi connectivity index (χ4n) is 3.05. The molecule has 0 saturated heterocycles. The molecule has 1 aliphatic heterocycles. The van der Waals surface area contributed by atoms with Crippen LogP contribution in [0, 0.1) is 0 Å². The van der Waals surface area contributed by atoms with E-state index in [0.29, 0.717) is 19.4 Å². The average molecular weight is 359 g/mol. The maximum absolute atomic E-state index is 12.6. The van der Waals surface area contributed by atoms with Crippen LogP contribution in [0.15, 0.2) is 48.7 Å². The Morgan fingerprint density at radius 1 is 1.20 bits per heavy atom. The van der Waals surface area contributed by atoms with E-state index >= 15 is 0 Å². The zero-order chi connectivity index (χ0) is 17.9. The van der Waals surface area contributed by atoms with Gasteiger partial charge in [-0.15, -0.1) is 0 Å². The molecule has 2 heterocycles. The molecule has 1 aromatic heterocycles. The topological polar surface area (TPSA) is 79.4 Å². The highest BCUT2D eigenvalue weighted by Crippen LogP contribution is 2.25. The molecule has 0 bridgehead atoms. The second-order valence-electron chi connectivity index (χ2n) is 6.16. The summed E-state index contributed by atoms with van der Waals surface area (Å²) in [6.45, 7) is 0.652. The molecule has 25 heavy (non-hydrogen) atoms. The van der Waals surface area contributed by atoms with E-state index in [9.17, 15) is 13.2 Å². The van der Waals surface area contributed by atoms with Crippen LogP contribution in [0.25, 0.3) is 0 Å². The number of amides is 1. The number of pyridine rings is 1. The number of nitrogens with one attached hydrogen (secondary N) is 1. The van der Waals surface area contributed by atoms with Gasteiger partial charge in [0.1, 0.15) is 6.04 Å². The number of hydrogen-bond acceptors (Lipinski definition) is 4. The van der Waals surface area contributed by atoms with Gasteiger partial charge in [0.25, 0.3) is 0 Å². The van der Waals surface area contributed by atoms with Gasteiger partial charge >= 0.3 is 0 Å². The van der Waals surface area contributed by atoms with Crippen LogP contribution < -0.4 is 5.32 Å². The molecule has 1 aromatic carbocycles. The predicted octanol–water partition coefficient (Wildman–Crippen LogP) is 1.13. The lowest BCUT2D eigenvalue weighted by Gasteiger charge is -2.34. The Balaban J connectivity index is 1.71. The van der Waals surface area contributed by atoms with E-state index < -0.39 is 16.1 Å². The largest absolute Gasteiger partial charge is 0.354 e. The van der Waals surface area contributed by atoms with E-state index in [2.05, 4.69) is 10.3 Å². The third-order valence-corrected chi connectivity index (χ3v) is 5.58. The number of rotatable bonds is 5. The van der Waals surface area contributed by atoms with E-state index in [1.54, 1.807) is 6.20 Å². The molecule has 6 nitrogen and oxygen atoms in total. The highest BCUT2D eigenvalue weighted by atomic mass is 32.2. The summed E-state index contributed by atoms with van der Waals surface area (Å²) in [5.41, 5.74) is 2.86. The lowest BCUT2D eigenvalue weighted by Crippen LogP contribution is -2.52. The van der Waals surface area contributed by atoms with E-state index in [-0.39, 0.29) is 12.5 Å². The molecule has 0 unspecified atom stereocenters. The molecule has 132 valence electrons. The first kappa shape index (κ1) is 17.6. The van der Waals surface area contributed by atoms with Crippen molar-refractivity contribution in [3.8, 4) is 0 Å².